The molecule has 0 aromatic heterocycles. The van der Waals surface area contributed by atoms with E-state index in [-0.39, 0.29) is 17.7 Å². The molecule has 0 bridgehead atoms. The Bertz CT molecular complexity index is 460. The molecule has 1 aliphatic rings. The summed E-state index contributed by atoms with van der Waals surface area (Å²) in [6, 6.07) is 4.97. The lowest BCUT2D eigenvalue weighted by Gasteiger charge is -2.41. The van der Waals surface area contributed by atoms with Crippen LogP contribution in [0.15, 0.2) is 22.7 Å². The van der Waals surface area contributed by atoms with Crippen LogP contribution in [0.4, 0.5) is 4.39 Å². The zero-order chi connectivity index (χ0) is 13.3. The second-order valence-corrected chi connectivity index (χ2v) is 5.68. The van der Waals surface area contributed by atoms with Gasteiger partial charge in [0.15, 0.2) is 0 Å². The Kier molecular flexibility index (Phi) is 4.02. The third-order valence-electron chi connectivity index (χ3n) is 3.47. The number of carbonyl (C=O) groups is 1. The van der Waals surface area contributed by atoms with Gasteiger partial charge in [-0.25, -0.2) is 4.39 Å². The Morgan fingerprint density at radius 3 is 2.83 bits per heavy atom. The van der Waals surface area contributed by atoms with E-state index >= 15 is 0 Å². The number of aliphatic carboxylic acids is 1. The highest BCUT2D eigenvalue weighted by Gasteiger charge is 2.34. The van der Waals surface area contributed by atoms with Crippen molar-refractivity contribution < 1.29 is 14.3 Å². The van der Waals surface area contributed by atoms with Gasteiger partial charge in [-0.05, 0) is 39.5 Å². The topological polar surface area (TPSA) is 40.5 Å². The Morgan fingerprint density at radius 1 is 1.61 bits per heavy atom. The highest BCUT2D eigenvalue weighted by atomic mass is 79.9. The van der Waals surface area contributed by atoms with Gasteiger partial charge in [-0.2, -0.15) is 0 Å². The van der Waals surface area contributed by atoms with E-state index in [0.29, 0.717) is 4.47 Å². The molecule has 5 heteroatoms. The molecule has 1 aromatic carbocycles. The number of hydrogen-bond donors (Lipinski definition) is 1. The van der Waals surface area contributed by atoms with E-state index in [0.717, 1.165) is 25.2 Å². The van der Waals surface area contributed by atoms with Crippen LogP contribution in [0, 0.1) is 17.7 Å². The van der Waals surface area contributed by atoms with Crippen LogP contribution >= 0.6 is 15.9 Å². The highest BCUT2D eigenvalue weighted by Crippen LogP contribution is 2.26. The van der Waals surface area contributed by atoms with Gasteiger partial charge in [-0.3, -0.25) is 9.69 Å². The summed E-state index contributed by atoms with van der Waals surface area (Å²) >= 11 is 3.16. The summed E-state index contributed by atoms with van der Waals surface area (Å²) in [7, 11) is 0. The number of halogens is 2. The molecule has 0 spiro atoms. The van der Waals surface area contributed by atoms with Gasteiger partial charge >= 0.3 is 5.97 Å². The van der Waals surface area contributed by atoms with Crippen molar-refractivity contribution in [3.8, 4) is 0 Å². The number of nitrogens with zero attached hydrogens (tertiary/aromatic N) is 1. The monoisotopic (exact) mass is 315 g/mol. The number of carboxylic acids is 1. The van der Waals surface area contributed by atoms with Crippen molar-refractivity contribution in [2.45, 2.75) is 13.5 Å². The van der Waals surface area contributed by atoms with Gasteiger partial charge in [0.05, 0.1) is 10.4 Å². The van der Waals surface area contributed by atoms with Gasteiger partial charge in [0, 0.05) is 19.6 Å². The largest absolute Gasteiger partial charge is 0.481 e. The number of hydrogen-bond acceptors (Lipinski definition) is 2. The minimum Gasteiger partial charge on any atom is -0.481 e. The van der Waals surface area contributed by atoms with Crippen molar-refractivity contribution in [1.82, 2.24) is 4.90 Å². The third-order valence-corrected chi connectivity index (χ3v) is 4.08. The normalized spacial score (nSPS) is 18.4. The van der Waals surface area contributed by atoms with E-state index in [1.807, 2.05) is 0 Å². The van der Waals surface area contributed by atoms with E-state index in [4.69, 9.17) is 5.11 Å². The SMILES string of the molecule is CC(C(=O)O)C1CN(Cc2ccc(F)c(Br)c2)C1. The zero-order valence-electron chi connectivity index (χ0n) is 10.1. The van der Waals surface area contributed by atoms with Crippen LogP contribution in [0.1, 0.15) is 12.5 Å². The fourth-order valence-electron chi connectivity index (χ4n) is 2.15. The number of rotatable bonds is 4. The smallest absolute Gasteiger partial charge is 0.306 e. The van der Waals surface area contributed by atoms with Gasteiger partial charge in [-0.15, -0.1) is 0 Å². The first-order chi connectivity index (χ1) is 8.47. The van der Waals surface area contributed by atoms with Crippen LogP contribution in [-0.2, 0) is 11.3 Å². The average molecular weight is 316 g/mol. The molecule has 0 aliphatic carbocycles. The van der Waals surface area contributed by atoms with E-state index in [9.17, 15) is 9.18 Å². The molecule has 2 rings (SSSR count). The second kappa shape index (κ2) is 5.36. The molecule has 1 unspecified atom stereocenters. The van der Waals surface area contributed by atoms with Crippen LogP contribution in [0.25, 0.3) is 0 Å². The molecule has 0 saturated carbocycles. The van der Waals surface area contributed by atoms with Crippen molar-refractivity contribution in [2.75, 3.05) is 13.1 Å². The molecule has 98 valence electrons. The van der Waals surface area contributed by atoms with E-state index in [1.54, 1.807) is 19.1 Å². The molecule has 0 amide bonds. The Balaban J connectivity index is 1.86. The molecule has 1 aromatic rings. The van der Waals surface area contributed by atoms with Crippen molar-refractivity contribution in [3.63, 3.8) is 0 Å². The Morgan fingerprint density at radius 2 is 2.28 bits per heavy atom. The summed E-state index contributed by atoms with van der Waals surface area (Å²) in [4.78, 5) is 13.0. The number of carboxylic acid groups (broad SMARTS) is 1. The third kappa shape index (κ3) is 2.90. The summed E-state index contributed by atoms with van der Waals surface area (Å²) in [5.41, 5.74) is 1.03. The lowest BCUT2D eigenvalue weighted by molar-refractivity contribution is -0.145. The van der Waals surface area contributed by atoms with Crippen LogP contribution in [0.2, 0.25) is 0 Å². The number of likely N-dealkylation sites (tertiary alicyclic amines) is 1. The van der Waals surface area contributed by atoms with Crippen molar-refractivity contribution in [2.24, 2.45) is 11.8 Å². The molecular weight excluding hydrogens is 301 g/mol. The van der Waals surface area contributed by atoms with E-state index in [2.05, 4.69) is 20.8 Å². The molecule has 1 heterocycles. The first kappa shape index (κ1) is 13.5. The lowest BCUT2D eigenvalue weighted by Crippen LogP contribution is -2.50. The molecule has 1 atom stereocenters. The summed E-state index contributed by atoms with van der Waals surface area (Å²) in [6.07, 6.45) is 0. The summed E-state index contributed by atoms with van der Waals surface area (Å²) in [6.45, 7) is 4.07. The maximum Gasteiger partial charge on any atom is 0.306 e. The molecule has 1 aliphatic heterocycles. The molecule has 3 nitrogen and oxygen atoms in total. The quantitative estimate of drug-likeness (QED) is 0.928. The molecule has 1 N–H and O–H groups in total. The van der Waals surface area contributed by atoms with Crippen LogP contribution in [-0.4, -0.2) is 29.1 Å². The first-order valence-electron chi connectivity index (χ1n) is 5.86. The molecule has 1 fully saturated rings. The van der Waals surface area contributed by atoms with Gasteiger partial charge in [0.2, 0.25) is 0 Å². The molecular formula is C13H15BrFNO2. The minimum atomic E-state index is -0.732. The predicted molar refractivity (Wildman–Crippen MR) is 69.7 cm³/mol. The fraction of sp³-hybridized carbons (Fsp3) is 0.462. The standard InChI is InChI=1S/C13H15BrFNO2/c1-8(13(17)18)10-6-16(7-10)5-9-2-3-12(15)11(14)4-9/h2-4,8,10H,5-7H2,1H3,(H,17,18). The molecule has 0 radical (unpaired) electrons. The predicted octanol–water partition coefficient (Wildman–Crippen LogP) is 2.74. The minimum absolute atomic E-state index is 0.228. The number of benzene rings is 1. The van der Waals surface area contributed by atoms with E-state index in [1.165, 1.54) is 6.07 Å². The van der Waals surface area contributed by atoms with Crippen molar-refractivity contribution >= 4 is 21.9 Å². The van der Waals surface area contributed by atoms with Crippen molar-refractivity contribution in [3.05, 3.63) is 34.1 Å². The van der Waals surface area contributed by atoms with Crippen molar-refractivity contribution in [1.29, 1.82) is 0 Å². The van der Waals surface area contributed by atoms with Gasteiger partial charge in [0.25, 0.3) is 0 Å². The van der Waals surface area contributed by atoms with Gasteiger partial charge in [0.1, 0.15) is 5.82 Å². The van der Waals surface area contributed by atoms with Gasteiger partial charge < -0.3 is 5.11 Å². The summed E-state index contributed by atoms with van der Waals surface area (Å²) in [5.74, 6) is -1.06. The Labute approximate surface area is 114 Å². The maximum absolute atomic E-state index is 13.1. The van der Waals surface area contributed by atoms with E-state index < -0.39 is 5.97 Å². The van der Waals surface area contributed by atoms with Crippen LogP contribution in [0.5, 0.6) is 0 Å². The maximum atomic E-state index is 13.1. The summed E-state index contributed by atoms with van der Waals surface area (Å²) < 4.78 is 13.5. The summed E-state index contributed by atoms with van der Waals surface area (Å²) in [5, 5.41) is 8.89. The second-order valence-electron chi connectivity index (χ2n) is 4.83. The van der Waals surface area contributed by atoms with Crippen LogP contribution < -0.4 is 0 Å². The average Bonchev–Trinajstić information content (AvgIpc) is 2.26. The lowest BCUT2D eigenvalue weighted by atomic mass is 9.87. The molecule has 18 heavy (non-hydrogen) atoms. The Hall–Kier alpha value is -0.940. The van der Waals surface area contributed by atoms with Gasteiger partial charge in [-0.1, -0.05) is 13.0 Å². The fourth-order valence-corrected chi connectivity index (χ4v) is 2.58. The molecule has 1 saturated heterocycles. The first-order valence-corrected chi connectivity index (χ1v) is 6.65. The van der Waals surface area contributed by atoms with Crippen LogP contribution in [0.3, 0.4) is 0 Å². The highest BCUT2D eigenvalue weighted by molar-refractivity contribution is 9.10. The zero-order valence-corrected chi connectivity index (χ0v) is 11.7.